The number of rotatable bonds is 13. The van der Waals surface area contributed by atoms with Crippen LogP contribution < -0.4 is 4.90 Å². The molecular formula is C45H49N3O4. The van der Waals surface area contributed by atoms with E-state index in [4.69, 9.17) is 0 Å². The van der Waals surface area contributed by atoms with E-state index in [1.807, 2.05) is 19.1 Å². The highest BCUT2D eigenvalue weighted by atomic mass is 16.4. The molecule has 268 valence electrons. The molecule has 2 heterocycles. The molecule has 2 unspecified atom stereocenters. The van der Waals surface area contributed by atoms with Gasteiger partial charge in [0, 0.05) is 34.3 Å². The summed E-state index contributed by atoms with van der Waals surface area (Å²) in [6, 6.07) is 24.9. The normalized spacial score (nSPS) is 20.6. The summed E-state index contributed by atoms with van der Waals surface area (Å²) >= 11 is 0. The predicted octanol–water partition coefficient (Wildman–Crippen LogP) is 9.97. The minimum Gasteiger partial charge on any atom is -0.480 e. The average Bonchev–Trinajstić information content (AvgIpc) is 3.82. The van der Waals surface area contributed by atoms with Crippen molar-refractivity contribution in [3.8, 4) is 17.2 Å². The van der Waals surface area contributed by atoms with E-state index in [1.54, 1.807) is 6.08 Å². The van der Waals surface area contributed by atoms with Crippen LogP contribution in [-0.4, -0.2) is 40.4 Å². The first-order valence-corrected chi connectivity index (χ1v) is 19.4. The van der Waals surface area contributed by atoms with Crippen LogP contribution in [0.25, 0.3) is 17.2 Å². The molecule has 4 aliphatic rings. The van der Waals surface area contributed by atoms with E-state index in [0.29, 0.717) is 35.3 Å². The van der Waals surface area contributed by atoms with Crippen LogP contribution in [0, 0.1) is 11.3 Å². The van der Waals surface area contributed by atoms with Gasteiger partial charge in [-0.3, -0.25) is 19.3 Å². The Balaban J connectivity index is 1.31. The fraction of sp³-hybridized carbons (Fsp3) is 0.422. The van der Waals surface area contributed by atoms with Crippen molar-refractivity contribution in [2.24, 2.45) is 0 Å². The lowest BCUT2D eigenvalue weighted by Crippen LogP contribution is -2.45. The molecule has 0 radical (unpaired) electrons. The van der Waals surface area contributed by atoms with E-state index < -0.39 is 24.3 Å². The van der Waals surface area contributed by atoms with Gasteiger partial charge in [0.25, 0.3) is 11.8 Å². The number of aliphatic carboxylic acids is 1. The molecule has 2 amide bonds. The predicted molar refractivity (Wildman–Crippen MR) is 205 cm³/mol. The van der Waals surface area contributed by atoms with E-state index in [9.17, 15) is 24.8 Å². The molecule has 0 saturated heterocycles. The summed E-state index contributed by atoms with van der Waals surface area (Å²) < 4.78 is 0. The highest BCUT2D eigenvalue weighted by Gasteiger charge is 2.45. The maximum Gasteiger partial charge on any atom is 0.323 e. The maximum absolute atomic E-state index is 13.7. The van der Waals surface area contributed by atoms with Crippen LogP contribution in [0.1, 0.15) is 126 Å². The topological polar surface area (TPSA) is 102 Å². The lowest BCUT2D eigenvalue weighted by atomic mass is 9.71. The lowest BCUT2D eigenvalue weighted by molar-refractivity contribution is -0.149. The van der Waals surface area contributed by atoms with Crippen LogP contribution in [0.15, 0.2) is 77.4 Å². The number of amides is 2. The SMILES string of the molecule is CCCCC1=C(C#N)C(=O)N(CC(=O)O)C(=O)/C1=C\c1ccc2c(c1)C1CCCC1N2c1ccc2c(c1)C(CCCC)(CCCC)c1ccccc1-2. The molecule has 3 aromatic rings. The van der Waals surface area contributed by atoms with Crippen LogP contribution in [0.3, 0.4) is 0 Å². The summed E-state index contributed by atoms with van der Waals surface area (Å²) in [5.74, 6) is -2.45. The van der Waals surface area contributed by atoms with Crippen molar-refractivity contribution >= 4 is 35.2 Å². The summed E-state index contributed by atoms with van der Waals surface area (Å²) in [6.45, 7) is 5.81. The summed E-state index contributed by atoms with van der Waals surface area (Å²) in [6.07, 6.45) is 14.0. The molecule has 0 spiro atoms. The van der Waals surface area contributed by atoms with Crippen LogP contribution in [0.2, 0.25) is 0 Å². The molecule has 2 aliphatic carbocycles. The van der Waals surface area contributed by atoms with E-state index in [-0.39, 0.29) is 16.6 Å². The minimum atomic E-state index is -1.30. The molecule has 1 saturated carbocycles. The number of imide groups is 1. The molecular weight excluding hydrogens is 647 g/mol. The second kappa shape index (κ2) is 14.6. The number of nitriles is 1. The zero-order valence-electron chi connectivity index (χ0n) is 30.7. The molecule has 2 atom stereocenters. The third-order valence-electron chi connectivity index (χ3n) is 12.0. The van der Waals surface area contributed by atoms with Gasteiger partial charge in [0.2, 0.25) is 0 Å². The van der Waals surface area contributed by atoms with E-state index in [2.05, 4.69) is 73.3 Å². The molecule has 1 fully saturated rings. The van der Waals surface area contributed by atoms with E-state index in [0.717, 1.165) is 44.1 Å². The van der Waals surface area contributed by atoms with Crippen molar-refractivity contribution < 1.29 is 19.5 Å². The second-order valence-corrected chi connectivity index (χ2v) is 15.1. The third kappa shape index (κ3) is 5.87. The van der Waals surface area contributed by atoms with E-state index >= 15 is 0 Å². The third-order valence-corrected chi connectivity index (χ3v) is 12.0. The van der Waals surface area contributed by atoms with Gasteiger partial charge in [-0.2, -0.15) is 5.26 Å². The monoisotopic (exact) mass is 695 g/mol. The Morgan fingerprint density at radius 2 is 1.63 bits per heavy atom. The number of benzene rings is 3. The van der Waals surface area contributed by atoms with Crippen molar-refractivity contribution in [1.29, 1.82) is 5.26 Å². The highest BCUT2D eigenvalue weighted by molar-refractivity contribution is 6.20. The van der Waals surface area contributed by atoms with Crippen molar-refractivity contribution in [2.45, 2.75) is 115 Å². The Bertz CT molecular complexity index is 2030. The van der Waals surface area contributed by atoms with Crippen molar-refractivity contribution in [1.82, 2.24) is 4.90 Å². The number of carboxylic acid groups (broad SMARTS) is 1. The Hall–Kier alpha value is -4.96. The summed E-state index contributed by atoms with van der Waals surface area (Å²) in [4.78, 5) is 41.8. The van der Waals surface area contributed by atoms with Gasteiger partial charge in [0.1, 0.15) is 18.2 Å². The summed E-state index contributed by atoms with van der Waals surface area (Å²) in [5, 5.41) is 19.5. The molecule has 0 bridgehead atoms. The molecule has 1 N–H and O–H groups in total. The van der Waals surface area contributed by atoms with Gasteiger partial charge < -0.3 is 10.0 Å². The van der Waals surface area contributed by atoms with Crippen LogP contribution in [0.4, 0.5) is 11.4 Å². The van der Waals surface area contributed by atoms with Crippen LogP contribution in [0.5, 0.6) is 0 Å². The van der Waals surface area contributed by atoms with Gasteiger partial charge in [-0.15, -0.1) is 0 Å². The Labute approximate surface area is 307 Å². The maximum atomic E-state index is 13.7. The number of hydrogen-bond donors (Lipinski definition) is 1. The summed E-state index contributed by atoms with van der Waals surface area (Å²) in [7, 11) is 0. The zero-order chi connectivity index (χ0) is 36.6. The van der Waals surface area contributed by atoms with Crippen LogP contribution >= 0.6 is 0 Å². The van der Waals surface area contributed by atoms with Gasteiger partial charge >= 0.3 is 5.97 Å². The quantitative estimate of drug-likeness (QED) is 0.141. The van der Waals surface area contributed by atoms with E-state index in [1.165, 1.54) is 64.9 Å². The first-order chi connectivity index (χ1) is 25.3. The molecule has 7 rings (SSSR count). The van der Waals surface area contributed by atoms with Crippen molar-refractivity contribution in [3.63, 3.8) is 0 Å². The number of carbonyl (C=O) groups excluding carboxylic acids is 2. The number of carbonyl (C=O) groups is 3. The smallest absolute Gasteiger partial charge is 0.323 e. The molecule has 7 nitrogen and oxygen atoms in total. The van der Waals surface area contributed by atoms with Gasteiger partial charge in [-0.1, -0.05) is 95.7 Å². The van der Waals surface area contributed by atoms with Crippen LogP contribution in [-0.2, 0) is 19.8 Å². The highest BCUT2D eigenvalue weighted by Crippen LogP contribution is 2.57. The van der Waals surface area contributed by atoms with Crippen molar-refractivity contribution in [2.75, 3.05) is 11.4 Å². The van der Waals surface area contributed by atoms with Gasteiger partial charge in [0.05, 0.1) is 0 Å². The molecule has 7 heteroatoms. The number of carboxylic acids is 1. The number of unbranched alkanes of at least 4 members (excludes halogenated alkanes) is 3. The fourth-order valence-corrected chi connectivity index (χ4v) is 9.60. The fourth-order valence-electron chi connectivity index (χ4n) is 9.60. The number of nitrogens with zero attached hydrogens (tertiary/aromatic N) is 3. The second-order valence-electron chi connectivity index (χ2n) is 15.1. The van der Waals surface area contributed by atoms with Gasteiger partial charge in [-0.05, 0) is 108 Å². The molecule has 52 heavy (non-hydrogen) atoms. The van der Waals surface area contributed by atoms with Gasteiger partial charge in [0.15, 0.2) is 0 Å². The summed E-state index contributed by atoms with van der Waals surface area (Å²) in [5.41, 5.74) is 10.7. The molecule has 0 aromatic heterocycles. The Kier molecular flexibility index (Phi) is 9.94. The molecule has 2 aliphatic heterocycles. The molecule has 3 aromatic carbocycles. The number of fused-ring (bicyclic) bond motifs is 6. The lowest BCUT2D eigenvalue weighted by Gasteiger charge is -2.34. The first kappa shape index (κ1) is 35.4. The average molecular weight is 696 g/mol. The number of hydrogen-bond acceptors (Lipinski definition) is 5. The Morgan fingerprint density at radius 1 is 0.904 bits per heavy atom. The standard InChI is InChI=1S/C45H49N3O4/c1-4-7-13-31-36(43(51)47(28-42(49)50)44(52)37(31)27-46)25-29-18-21-41-35(24-29)34-15-12-17-40(34)48(41)30-19-20-33-32-14-10-11-16-38(32)45(22-8-5-2,23-9-6-3)39(33)26-30/h10-11,14,16,18-21,24-26,34,40H,4-9,12-13,15,17,22-23,28H2,1-3H3,(H,49,50)/b36-25-. The largest absolute Gasteiger partial charge is 0.480 e. The minimum absolute atomic E-state index is 0.00927. The Morgan fingerprint density at radius 3 is 2.35 bits per heavy atom. The van der Waals surface area contributed by atoms with Crippen molar-refractivity contribution in [3.05, 3.63) is 99.6 Å². The number of anilines is 2. The zero-order valence-corrected chi connectivity index (χ0v) is 30.7. The first-order valence-electron chi connectivity index (χ1n) is 19.4. The van der Waals surface area contributed by atoms with Gasteiger partial charge in [-0.25, -0.2) is 0 Å².